The van der Waals surface area contributed by atoms with Gasteiger partial charge in [-0.15, -0.1) is 11.8 Å². The number of hydrogen-bond acceptors (Lipinski definition) is 4. The molecule has 0 saturated carbocycles. The topological polar surface area (TPSA) is 55.4 Å². The van der Waals surface area contributed by atoms with Gasteiger partial charge in [-0.2, -0.15) is 0 Å². The summed E-state index contributed by atoms with van der Waals surface area (Å²) in [5.41, 5.74) is 3.69. The monoisotopic (exact) mass is 343 g/mol. The second kappa shape index (κ2) is 8.55. The minimum Gasteiger partial charge on any atom is -0.497 e. The van der Waals surface area contributed by atoms with Gasteiger partial charge in [-0.25, -0.2) is 0 Å². The molecule has 0 atom stereocenters. The number of ketones is 1. The van der Waals surface area contributed by atoms with Crippen LogP contribution in [0.5, 0.6) is 5.75 Å². The Morgan fingerprint density at radius 3 is 2.54 bits per heavy atom. The number of hydrogen-bond donors (Lipinski definition) is 1. The fourth-order valence-corrected chi connectivity index (χ4v) is 2.84. The summed E-state index contributed by atoms with van der Waals surface area (Å²) in [6.07, 6.45) is 0. The van der Waals surface area contributed by atoms with Crippen LogP contribution < -0.4 is 10.1 Å². The van der Waals surface area contributed by atoms with Crippen molar-refractivity contribution in [3.8, 4) is 5.75 Å². The summed E-state index contributed by atoms with van der Waals surface area (Å²) in [5, 5.41) is 2.85. The predicted octanol–water partition coefficient (Wildman–Crippen LogP) is 3.87. The van der Waals surface area contributed by atoms with Gasteiger partial charge in [-0.05, 0) is 49.2 Å². The molecule has 2 aromatic carbocycles. The van der Waals surface area contributed by atoms with Crippen molar-refractivity contribution in [1.82, 2.24) is 0 Å². The number of methoxy groups -OCH3 is 1. The number of rotatable bonds is 7. The van der Waals surface area contributed by atoms with Crippen molar-refractivity contribution in [3.05, 3.63) is 59.2 Å². The summed E-state index contributed by atoms with van der Waals surface area (Å²) in [6, 6.07) is 12.8. The molecule has 0 aromatic heterocycles. The van der Waals surface area contributed by atoms with Gasteiger partial charge in [0.15, 0.2) is 5.78 Å². The first-order valence-electron chi connectivity index (χ1n) is 7.61. The van der Waals surface area contributed by atoms with Crippen LogP contribution in [-0.4, -0.2) is 30.3 Å². The zero-order chi connectivity index (χ0) is 17.5. The van der Waals surface area contributed by atoms with E-state index < -0.39 is 0 Å². The third-order valence-corrected chi connectivity index (χ3v) is 4.58. The average Bonchev–Trinajstić information content (AvgIpc) is 2.58. The number of anilines is 1. The number of amides is 1. The smallest absolute Gasteiger partial charge is 0.234 e. The standard InChI is InChI=1S/C19H21NO3S/c1-13-7-8-16(9-14(13)2)20-19(22)12-24-11-18(21)15-5-4-6-17(10-15)23-3/h4-10H,11-12H2,1-3H3,(H,20,22). The maximum atomic E-state index is 12.1. The van der Waals surface area contributed by atoms with Crippen LogP contribution in [0.15, 0.2) is 42.5 Å². The third kappa shape index (κ3) is 5.13. The summed E-state index contributed by atoms with van der Waals surface area (Å²) in [4.78, 5) is 24.1. The van der Waals surface area contributed by atoms with E-state index in [0.29, 0.717) is 11.3 Å². The molecule has 1 amide bonds. The van der Waals surface area contributed by atoms with E-state index in [-0.39, 0.29) is 23.2 Å². The fraction of sp³-hybridized carbons (Fsp3) is 0.263. The molecule has 5 heteroatoms. The summed E-state index contributed by atoms with van der Waals surface area (Å²) in [7, 11) is 1.56. The van der Waals surface area contributed by atoms with E-state index in [4.69, 9.17) is 4.74 Å². The quantitative estimate of drug-likeness (QED) is 0.776. The van der Waals surface area contributed by atoms with Crippen LogP contribution in [0.3, 0.4) is 0 Å². The molecule has 0 unspecified atom stereocenters. The second-order valence-electron chi connectivity index (χ2n) is 5.50. The molecule has 0 radical (unpaired) electrons. The lowest BCUT2D eigenvalue weighted by atomic mass is 10.1. The van der Waals surface area contributed by atoms with E-state index in [1.165, 1.54) is 17.3 Å². The van der Waals surface area contributed by atoms with Crippen molar-refractivity contribution in [2.24, 2.45) is 0 Å². The van der Waals surface area contributed by atoms with Gasteiger partial charge in [0.05, 0.1) is 18.6 Å². The zero-order valence-corrected chi connectivity index (χ0v) is 14.9. The molecule has 0 spiro atoms. The molecule has 0 aliphatic rings. The minimum absolute atomic E-state index is 0.0159. The van der Waals surface area contributed by atoms with Gasteiger partial charge in [0.25, 0.3) is 0 Å². The summed E-state index contributed by atoms with van der Waals surface area (Å²) < 4.78 is 5.11. The number of nitrogens with one attached hydrogen (secondary N) is 1. The SMILES string of the molecule is COc1cccc(C(=O)CSCC(=O)Nc2ccc(C)c(C)c2)c1. The van der Waals surface area contributed by atoms with E-state index in [2.05, 4.69) is 5.32 Å². The van der Waals surface area contributed by atoms with Gasteiger partial charge < -0.3 is 10.1 Å². The molecular formula is C19H21NO3S. The van der Waals surface area contributed by atoms with Crippen molar-refractivity contribution in [3.63, 3.8) is 0 Å². The van der Waals surface area contributed by atoms with Crippen LogP contribution in [-0.2, 0) is 4.79 Å². The molecule has 0 saturated heterocycles. The molecule has 0 heterocycles. The van der Waals surface area contributed by atoms with Gasteiger partial charge in [0.2, 0.25) is 5.91 Å². The molecule has 0 fully saturated rings. The minimum atomic E-state index is -0.110. The van der Waals surface area contributed by atoms with Gasteiger partial charge in [-0.3, -0.25) is 9.59 Å². The molecule has 1 N–H and O–H groups in total. The first-order chi connectivity index (χ1) is 11.5. The Bertz CT molecular complexity index is 743. The van der Waals surface area contributed by atoms with Gasteiger partial charge in [0, 0.05) is 11.3 Å². The van der Waals surface area contributed by atoms with E-state index >= 15 is 0 Å². The molecule has 24 heavy (non-hydrogen) atoms. The first-order valence-corrected chi connectivity index (χ1v) is 8.77. The average molecular weight is 343 g/mol. The van der Waals surface area contributed by atoms with E-state index in [1.54, 1.807) is 31.4 Å². The molecule has 0 bridgehead atoms. The molecule has 126 valence electrons. The maximum absolute atomic E-state index is 12.1. The number of benzene rings is 2. The highest BCUT2D eigenvalue weighted by molar-refractivity contribution is 8.00. The van der Waals surface area contributed by atoms with Crippen molar-refractivity contribution in [1.29, 1.82) is 0 Å². The highest BCUT2D eigenvalue weighted by atomic mass is 32.2. The molecule has 0 aliphatic carbocycles. The second-order valence-corrected chi connectivity index (χ2v) is 6.48. The summed E-state index contributed by atoms with van der Waals surface area (Å²) >= 11 is 1.30. The molecule has 2 aromatic rings. The number of thioether (sulfide) groups is 1. The fourth-order valence-electron chi connectivity index (χ4n) is 2.13. The number of aryl methyl sites for hydroxylation is 2. The first kappa shape index (κ1) is 18.1. The van der Waals surface area contributed by atoms with Gasteiger partial charge >= 0.3 is 0 Å². The third-order valence-electron chi connectivity index (χ3n) is 3.65. The van der Waals surface area contributed by atoms with Crippen molar-refractivity contribution in [2.45, 2.75) is 13.8 Å². The largest absolute Gasteiger partial charge is 0.497 e. The van der Waals surface area contributed by atoms with Crippen LogP contribution in [0.1, 0.15) is 21.5 Å². The lowest BCUT2D eigenvalue weighted by molar-refractivity contribution is -0.113. The van der Waals surface area contributed by atoms with Crippen molar-refractivity contribution >= 4 is 29.1 Å². The van der Waals surface area contributed by atoms with E-state index in [1.807, 2.05) is 32.0 Å². The van der Waals surface area contributed by atoms with Gasteiger partial charge in [-0.1, -0.05) is 18.2 Å². The normalized spacial score (nSPS) is 10.3. The Labute approximate surface area is 146 Å². The van der Waals surface area contributed by atoms with E-state index in [9.17, 15) is 9.59 Å². The lowest BCUT2D eigenvalue weighted by Crippen LogP contribution is -2.15. The Balaban J connectivity index is 1.81. The number of carbonyl (C=O) groups is 2. The van der Waals surface area contributed by atoms with Crippen LogP contribution in [0.4, 0.5) is 5.69 Å². The highest BCUT2D eigenvalue weighted by Gasteiger charge is 2.09. The summed E-state index contributed by atoms with van der Waals surface area (Å²) in [6.45, 7) is 4.04. The Hall–Kier alpha value is -2.27. The Morgan fingerprint density at radius 2 is 1.83 bits per heavy atom. The van der Waals surface area contributed by atoms with Crippen molar-refractivity contribution in [2.75, 3.05) is 23.9 Å². The Kier molecular flexibility index (Phi) is 6.44. The van der Waals surface area contributed by atoms with Gasteiger partial charge in [0.1, 0.15) is 5.75 Å². The molecule has 4 nitrogen and oxygen atoms in total. The van der Waals surface area contributed by atoms with Crippen LogP contribution in [0, 0.1) is 13.8 Å². The maximum Gasteiger partial charge on any atom is 0.234 e. The predicted molar refractivity (Wildman–Crippen MR) is 99.2 cm³/mol. The molecular weight excluding hydrogens is 322 g/mol. The lowest BCUT2D eigenvalue weighted by Gasteiger charge is -2.08. The highest BCUT2D eigenvalue weighted by Crippen LogP contribution is 2.16. The van der Waals surface area contributed by atoms with Crippen LogP contribution in [0.25, 0.3) is 0 Å². The number of Topliss-reactive ketones (excluding diaryl/α,β-unsaturated/α-hetero) is 1. The van der Waals surface area contributed by atoms with Crippen LogP contribution in [0.2, 0.25) is 0 Å². The summed E-state index contributed by atoms with van der Waals surface area (Å²) in [5.74, 6) is 1.02. The van der Waals surface area contributed by atoms with Crippen molar-refractivity contribution < 1.29 is 14.3 Å². The molecule has 0 aliphatic heterocycles. The van der Waals surface area contributed by atoms with E-state index in [0.717, 1.165) is 11.3 Å². The number of ether oxygens (including phenoxy) is 1. The number of carbonyl (C=O) groups excluding carboxylic acids is 2. The Morgan fingerprint density at radius 1 is 1.04 bits per heavy atom. The van der Waals surface area contributed by atoms with Crippen LogP contribution >= 0.6 is 11.8 Å². The molecule has 2 rings (SSSR count). The zero-order valence-electron chi connectivity index (χ0n) is 14.1.